The molecule has 2 atom stereocenters. The number of benzene rings is 3. The molecule has 3 aromatic rings. The summed E-state index contributed by atoms with van der Waals surface area (Å²) in [6, 6.07) is 29.8. The first kappa shape index (κ1) is 44.7. The molecule has 3 aromatic carbocycles. The van der Waals surface area contributed by atoms with E-state index in [4.69, 9.17) is 15.2 Å². The van der Waals surface area contributed by atoms with Gasteiger partial charge in [-0.05, 0) is 63.1 Å². The maximum Gasteiger partial charge on any atom is 0.325 e. The van der Waals surface area contributed by atoms with Crippen LogP contribution in [0.1, 0.15) is 33.1 Å². The standard InChI is InChI=1S/C37H47N4O7PS2.BrH/c1-3-47-35(44)25-40-36(45)32(41-33(42)22-21-31(38)37(46)48-4-2)26-50-51-27-34(43)39-23-14-24-49(28-15-8-5-9-16-28,29-17-10-6-11-18-29)30-19-12-7-13-20-30;/h5-13,15-20,31-32H,3-4,14,21-27,38H2,1-2H3,(H2-,39,40,41,42,43,45);1H. The Hall–Kier alpha value is -3.42. The number of nitrogens with two attached hydrogens (primary N) is 1. The minimum absolute atomic E-state index is 0. The zero-order valence-corrected chi connectivity index (χ0v) is 33.6. The Balaban J connectivity index is 0.00000936. The van der Waals surface area contributed by atoms with Crippen LogP contribution in [0.2, 0.25) is 0 Å². The third kappa shape index (κ3) is 14.5. The van der Waals surface area contributed by atoms with Crippen LogP contribution in [0.4, 0.5) is 0 Å². The van der Waals surface area contributed by atoms with Gasteiger partial charge in [0.15, 0.2) is 0 Å². The van der Waals surface area contributed by atoms with Crippen molar-refractivity contribution in [1.29, 1.82) is 0 Å². The fourth-order valence-electron chi connectivity index (χ4n) is 5.29. The molecule has 0 saturated heterocycles. The van der Waals surface area contributed by atoms with Crippen molar-refractivity contribution in [2.24, 2.45) is 5.73 Å². The maximum atomic E-state index is 12.9. The van der Waals surface area contributed by atoms with E-state index in [1.54, 1.807) is 13.8 Å². The summed E-state index contributed by atoms with van der Waals surface area (Å²) in [6.07, 6.45) is 1.57. The lowest BCUT2D eigenvalue weighted by molar-refractivity contribution is -0.145. The Bertz CT molecular complexity index is 1450. The first-order chi connectivity index (χ1) is 24.7. The van der Waals surface area contributed by atoms with Crippen LogP contribution in [0.5, 0.6) is 0 Å². The number of halogens is 1. The topological polar surface area (TPSA) is 166 Å². The van der Waals surface area contributed by atoms with E-state index in [-0.39, 0.29) is 67.0 Å². The molecule has 0 aliphatic carbocycles. The molecule has 11 nitrogen and oxygen atoms in total. The molecule has 3 rings (SSSR count). The normalized spacial score (nSPS) is 12.0. The number of carbonyl (C=O) groups excluding carboxylic acids is 5. The van der Waals surface area contributed by atoms with Crippen LogP contribution in [0.3, 0.4) is 0 Å². The molecule has 15 heteroatoms. The van der Waals surface area contributed by atoms with Crippen molar-refractivity contribution in [1.82, 2.24) is 16.0 Å². The Morgan fingerprint density at radius 1 is 0.750 bits per heavy atom. The second-order valence-corrected chi connectivity index (χ2v) is 17.5. The van der Waals surface area contributed by atoms with Crippen LogP contribution in [-0.4, -0.2) is 85.7 Å². The molecule has 0 spiro atoms. The van der Waals surface area contributed by atoms with Gasteiger partial charge < -0.3 is 48.1 Å². The van der Waals surface area contributed by atoms with Crippen LogP contribution in [-0.2, 0) is 33.4 Å². The quantitative estimate of drug-likeness (QED) is 0.0458. The highest BCUT2D eigenvalue weighted by molar-refractivity contribution is 8.76. The maximum absolute atomic E-state index is 12.9. The largest absolute Gasteiger partial charge is 1.00 e. The van der Waals surface area contributed by atoms with Gasteiger partial charge in [-0.3, -0.25) is 24.0 Å². The summed E-state index contributed by atoms with van der Waals surface area (Å²) in [5, 5.41) is 12.0. The molecular weight excluding hydrogens is 787 g/mol. The molecule has 0 saturated carbocycles. The van der Waals surface area contributed by atoms with E-state index in [1.165, 1.54) is 37.5 Å². The summed E-state index contributed by atoms with van der Waals surface area (Å²) in [4.78, 5) is 61.9. The molecule has 0 fully saturated rings. The van der Waals surface area contributed by atoms with Crippen molar-refractivity contribution in [3.63, 3.8) is 0 Å². The second-order valence-electron chi connectivity index (χ2n) is 11.3. The minimum atomic E-state index is -2.00. The Morgan fingerprint density at radius 2 is 1.29 bits per heavy atom. The van der Waals surface area contributed by atoms with E-state index in [0.29, 0.717) is 6.54 Å². The highest BCUT2D eigenvalue weighted by Crippen LogP contribution is 2.55. The van der Waals surface area contributed by atoms with Gasteiger partial charge in [0.25, 0.3) is 0 Å². The van der Waals surface area contributed by atoms with Gasteiger partial charge >= 0.3 is 11.9 Å². The summed E-state index contributed by atoms with van der Waals surface area (Å²) >= 11 is 0. The fraction of sp³-hybridized carbons (Fsp3) is 0.378. The monoisotopic (exact) mass is 834 g/mol. The number of rotatable bonds is 22. The van der Waals surface area contributed by atoms with Crippen LogP contribution < -0.4 is 54.6 Å². The smallest absolute Gasteiger partial charge is 0.325 e. The third-order valence-corrected chi connectivity index (χ3v) is 14.5. The molecule has 5 N–H and O–H groups in total. The van der Waals surface area contributed by atoms with Crippen LogP contribution in [0.15, 0.2) is 91.0 Å². The predicted octanol–water partition coefficient (Wildman–Crippen LogP) is -0.293. The van der Waals surface area contributed by atoms with E-state index in [1.807, 2.05) is 18.2 Å². The summed E-state index contributed by atoms with van der Waals surface area (Å²) in [5.74, 6) is -2.16. The molecule has 52 heavy (non-hydrogen) atoms. The molecule has 282 valence electrons. The van der Waals surface area contributed by atoms with Gasteiger partial charge in [-0.1, -0.05) is 76.2 Å². The van der Waals surface area contributed by atoms with E-state index in [0.717, 1.165) is 12.6 Å². The number of nitrogens with one attached hydrogen (secondary N) is 3. The highest BCUT2D eigenvalue weighted by atomic mass is 79.9. The summed E-state index contributed by atoms with van der Waals surface area (Å²) in [6.45, 7) is 3.80. The van der Waals surface area contributed by atoms with Gasteiger partial charge in [0.2, 0.25) is 17.7 Å². The van der Waals surface area contributed by atoms with Gasteiger partial charge in [0.05, 0.1) is 25.1 Å². The Morgan fingerprint density at radius 3 is 1.81 bits per heavy atom. The average molecular weight is 836 g/mol. The van der Waals surface area contributed by atoms with E-state index >= 15 is 0 Å². The number of esters is 2. The zero-order chi connectivity index (χ0) is 36.9. The number of ether oxygens (including phenoxy) is 2. The number of hydrogen-bond donors (Lipinski definition) is 4. The molecule has 0 aromatic heterocycles. The van der Waals surface area contributed by atoms with Crippen molar-refractivity contribution in [3.05, 3.63) is 91.0 Å². The molecule has 0 heterocycles. The SMILES string of the molecule is CCOC(=O)CNC(=O)C(CSSCC(=O)NCCC[P+](c1ccccc1)(c1ccccc1)c1ccccc1)NC(=O)CCC(N)C(=O)OCC.[Br-]. The summed E-state index contributed by atoms with van der Waals surface area (Å²) < 4.78 is 9.73. The summed E-state index contributed by atoms with van der Waals surface area (Å²) in [7, 11) is 0.504. The van der Waals surface area contributed by atoms with Crippen LogP contribution in [0.25, 0.3) is 0 Å². The van der Waals surface area contributed by atoms with E-state index < -0.39 is 43.1 Å². The number of carbonyl (C=O) groups is 5. The molecule has 0 radical (unpaired) electrons. The fourth-order valence-corrected chi connectivity index (χ4v) is 11.7. The predicted molar refractivity (Wildman–Crippen MR) is 208 cm³/mol. The number of amides is 3. The molecule has 3 amide bonds. The molecule has 2 unspecified atom stereocenters. The van der Waals surface area contributed by atoms with Gasteiger partial charge in [0.1, 0.15) is 41.8 Å². The van der Waals surface area contributed by atoms with Crippen molar-refractivity contribution >= 4 is 74.4 Å². The van der Waals surface area contributed by atoms with Gasteiger partial charge in [-0.15, -0.1) is 0 Å². The van der Waals surface area contributed by atoms with Crippen molar-refractivity contribution in [2.75, 3.05) is 44.0 Å². The molecule has 0 aliphatic rings. The lowest BCUT2D eigenvalue weighted by Gasteiger charge is -2.27. The number of hydrogen-bond acceptors (Lipinski definition) is 10. The Labute approximate surface area is 325 Å². The molecule has 0 bridgehead atoms. The summed E-state index contributed by atoms with van der Waals surface area (Å²) in [5.41, 5.74) is 5.79. The van der Waals surface area contributed by atoms with Gasteiger partial charge in [-0.25, -0.2) is 0 Å². The molecule has 0 aliphatic heterocycles. The first-order valence-corrected chi connectivity index (χ1v) is 21.4. The van der Waals surface area contributed by atoms with Gasteiger partial charge in [-0.2, -0.15) is 0 Å². The first-order valence-electron chi connectivity index (χ1n) is 16.9. The van der Waals surface area contributed by atoms with Crippen molar-refractivity contribution in [3.8, 4) is 0 Å². The van der Waals surface area contributed by atoms with E-state index in [9.17, 15) is 24.0 Å². The lowest BCUT2D eigenvalue weighted by Crippen LogP contribution is -3.00. The van der Waals surface area contributed by atoms with E-state index in [2.05, 4.69) is 88.7 Å². The third-order valence-electron chi connectivity index (χ3n) is 7.73. The minimum Gasteiger partial charge on any atom is -1.00 e. The average Bonchev–Trinajstić information content (AvgIpc) is 3.15. The Kier molecular flexibility index (Phi) is 21.3. The lowest BCUT2D eigenvalue weighted by atomic mass is 10.1. The van der Waals surface area contributed by atoms with Crippen molar-refractivity contribution < 1.29 is 50.4 Å². The molecular formula is C37H48BrN4O7PS2. The van der Waals surface area contributed by atoms with Gasteiger partial charge in [0, 0.05) is 18.7 Å². The van der Waals surface area contributed by atoms with Crippen LogP contribution in [0, 0.1) is 0 Å². The zero-order valence-electron chi connectivity index (χ0n) is 29.5. The second kappa shape index (κ2) is 24.8. The highest BCUT2D eigenvalue weighted by Gasteiger charge is 2.44. The van der Waals surface area contributed by atoms with Crippen LogP contribution >= 0.6 is 28.9 Å². The van der Waals surface area contributed by atoms with Crippen molar-refractivity contribution in [2.45, 2.75) is 45.2 Å².